The number of hydrogen-bond donors (Lipinski definition) is 0. The summed E-state index contributed by atoms with van der Waals surface area (Å²) in [6.07, 6.45) is 0. The molecule has 162 valence electrons. The lowest BCUT2D eigenvalue weighted by Crippen LogP contribution is -2.51. The number of rotatable bonds is 5. The van der Waals surface area contributed by atoms with Crippen LogP contribution in [-0.4, -0.2) is 61.4 Å². The van der Waals surface area contributed by atoms with Crippen LogP contribution in [0.15, 0.2) is 24.3 Å². The number of piperazine rings is 1. The molecule has 1 aliphatic rings. The van der Waals surface area contributed by atoms with E-state index in [2.05, 4.69) is 0 Å². The fraction of sp³-hybridized carbons (Fsp3) is 0.429. The van der Waals surface area contributed by atoms with E-state index in [1.165, 1.54) is 23.4 Å². The summed E-state index contributed by atoms with van der Waals surface area (Å²) in [5.41, 5.74) is 1.63. The Bertz CT molecular complexity index is 1090. The van der Waals surface area contributed by atoms with E-state index in [9.17, 15) is 22.4 Å². The fourth-order valence-corrected chi connectivity index (χ4v) is 4.73. The third-order valence-corrected chi connectivity index (χ3v) is 7.28. The van der Waals surface area contributed by atoms with E-state index in [1.54, 1.807) is 30.9 Å². The third-order valence-electron chi connectivity index (χ3n) is 5.40. The maximum absolute atomic E-state index is 14.0. The van der Waals surface area contributed by atoms with Crippen LogP contribution in [0.5, 0.6) is 0 Å². The number of carbonyl (C=O) groups is 2. The number of hydrogen-bond acceptors (Lipinski definition) is 5. The largest absolute Gasteiger partial charge is 0.461 e. The van der Waals surface area contributed by atoms with Gasteiger partial charge >= 0.3 is 5.97 Å². The predicted molar refractivity (Wildman–Crippen MR) is 111 cm³/mol. The summed E-state index contributed by atoms with van der Waals surface area (Å²) in [7, 11) is -3.31. The Labute approximate surface area is 175 Å². The molecule has 9 heteroatoms. The van der Waals surface area contributed by atoms with Gasteiger partial charge in [0.25, 0.3) is 5.91 Å². The van der Waals surface area contributed by atoms with Gasteiger partial charge < -0.3 is 9.64 Å². The third kappa shape index (κ3) is 4.46. The van der Waals surface area contributed by atoms with Crippen molar-refractivity contribution in [2.45, 2.75) is 27.4 Å². The summed E-state index contributed by atoms with van der Waals surface area (Å²) < 4.78 is 44.6. The summed E-state index contributed by atoms with van der Waals surface area (Å²) in [5, 5.41) is 1.15. The molecule has 0 N–H and O–H groups in total. The number of esters is 1. The second kappa shape index (κ2) is 8.69. The molecular formula is C21H25FN2O5S. The van der Waals surface area contributed by atoms with Crippen LogP contribution in [0.1, 0.15) is 35.3 Å². The van der Waals surface area contributed by atoms with E-state index in [4.69, 9.17) is 4.74 Å². The van der Waals surface area contributed by atoms with Crippen molar-refractivity contribution in [3.05, 3.63) is 46.8 Å². The molecular weight excluding hydrogens is 411 g/mol. The Morgan fingerprint density at radius 1 is 1.13 bits per heavy atom. The van der Waals surface area contributed by atoms with Gasteiger partial charge in [-0.3, -0.25) is 9.59 Å². The van der Waals surface area contributed by atoms with Crippen molar-refractivity contribution < 1.29 is 27.1 Å². The molecule has 1 amide bonds. The molecule has 3 rings (SSSR count). The molecule has 1 saturated heterocycles. The zero-order valence-corrected chi connectivity index (χ0v) is 18.1. The molecule has 0 saturated carbocycles. The first kappa shape index (κ1) is 22.2. The number of nitrogens with zero attached hydrogens (tertiary/aromatic N) is 2. The highest BCUT2D eigenvalue weighted by atomic mass is 32.2. The molecule has 0 radical (unpaired) electrons. The van der Waals surface area contributed by atoms with Crippen LogP contribution in [0.4, 0.5) is 4.39 Å². The van der Waals surface area contributed by atoms with Crippen LogP contribution >= 0.6 is 0 Å². The number of halogens is 1. The van der Waals surface area contributed by atoms with Gasteiger partial charge in [-0.05, 0) is 53.9 Å². The van der Waals surface area contributed by atoms with Gasteiger partial charge in [-0.25, -0.2) is 12.8 Å². The van der Waals surface area contributed by atoms with Crippen molar-refractivity contribution in [2.24, 2.45) is 0 Å². The number of ether oxygens (including phenoxy) is 1. The van der Waals surface area contributed by atoms with E-state index < -0.39 is 21.8 Å². The fourth-order valence-electron chi connectivity index (χ4n) is 3.64. The maximum atomic E-state index is 14.0. The van der Waals surface area contributed by atoms with Crippen molar-refractivity contribution in [3.63, 3.8) is 0 Å². The lowest BCUT2D eigenvalue weighted by Gasteiger charge is -2.34. The molecule has 1 aliphatic heterocycles. The standard InChI is InChI=1S/C21H25FN2O5S/c1-4-30(27,28)24-9-7-23(8-10-24)21(26)20-14(2)17(13-29-15(3)25)11-16-5-6-18(22)12-19(16)20/h5-6,11-12H,4,7-10,13H2,1-3H3. The summed E-state index contributed by atoms with van der Waals surface area (Å²) in [6, 6.07) is 6.01. The second-order valence-electron chi connectivity index (χ2n) is 7.27. The van der Waals surface area contributed by atoms with Crippen LogP contribution in [0.25, 0.3) is 10.8 Å². The number of amides is 1. The molecule has 1 fully saturated rings. The molecule has 0 bridgehead atoms. The molecule has 1 heterocycles. The highest BCUT2D eigenvalue weighted by Crippen LogP contribution is 2.29. The van der Waals surface area contributed by atoms with Gasteiger partial charge in [0.15, 0.2) is 0 Å². The number of carbonyl (C=O) groups excluding carboxylic acids is 2. The van der Waals surface area contributed by atoms with Gasteiger partial charge in [0.1, 0.15) is 12.4 Å². The summed E-state index contributed by atoms with van der Waals surface area (Å²) >= 11 is 0. The minimum atomic E-state index is -3.31. The topological polar surface area (TPSA) is 84.0 Å². The SMILES string of the molecule is CCS(=O)(=O)N1CCN(C(=O)c2c(C)c(COC(C)=O)cc3ccc(F)cc23)CC1. The van der Waals surface area contributed by atoms with E-state index in [1.807, 2.05) is 0 Å². The highest BCUT2D eigenvalue weighted by molar-refractivity contribution is 7.89. The van der Waals surface area contributed by atoms with Gasteiger partial charge in [0, 0.05) is 33.1 Å². The first-order chi connectivity index (χ1) is 14.1. The van der Waals surface area contributed by atoms with Gasteiger partial charge in [-0.1, -0.05) is 6.07 Å². The van der Waals surface area contributed by atoms with Gasteiger partial charge in [-0.2, -0.15) is 4.31 Å². The van der Waals surface area contributed by atoms with E-state index in [0.29, 0.717) is 27.5 Å². The van der Waals surface area contributed by atoms with Gasteiger partial charge in [0.2, 0.25) is 10.0 Å². The lowest BCUT2D eigenvalue weighted by atomic mass is 9.94. The second-order valence-corrected chi connectivity index (χ2v) is 9.53. The molecule has 0 unspecified atom stereocenters. The Morgan fingerprint density at radius 3 is 2.40 bits per heavy atom. The van der Waals surface area contributed by atoms with Gasteiger partial charge in [0.05, 0.1) is 11.3 Å². The van der Waals surface area contributed by atoms with Crippen molar-refractivity contribution in [2.75, 3.05) is 31.9 Å². The summed E-state index contributed by atoms with van der Waals surface area (Å²) in [4.78, 5) is 26.2. The Morgan fingerprint density at radius 2 is 1.80 bits per heavy atom. The average Bonchev–Trinajstić information content (AvgIpc) is 2.72. The van der Waals surface area contributed by atoms with E-state index in [-0.39, 0.29) is 44.4 Å². The van der Waals surface area contributed by atoms with E-state index in [0.717, 1.165) is 0 Å². The molecule has 0 aliphatic carbocycles. The van der Waals surface area contributed by atoms with Crippen molar-refractivity contribution >= 4 is 32.7 Å². The predicted octanol–water partition coefficient (Wildman–Crippen LogP) is 2.46. The molecule has 2 aromatic carbocycles. The van der Waals surface area contributed by atoms with E-state index >= 15 is 0 Å². The van der Waals surface area contributed by atoms with Crippen molar-refractivity contribution in [3.8, 4) is 0 Å². The number of benzene rings is 2. The molecule has 30 heavy (non-hydrogen) atoms. The van der Waals surface area contributed by atoms with Crippen LogP contribution < -0.4 is 0 Å². The van der Waals surface area contributed by atoms with Crippen molar-refractivity contribution in [1.82, 2.24) is 9.21 Å². The van der Waals surface area contributed by atoms with Gasteiger partial charge in [-0.15, -0.1) is 0 Å². The van der Waals surface area contributed by atoms with Crippen LogP contribution in [0.3, 0.4) is 0 Å². The highest BCUT2D eigenvalue weighted by Gasteiger charge is 2.30. The molecule has 7 nitrogen and oxygen atoms in total. The normalized spacial score (nSPS) is 15.4. The van der Waals surface area contributed by atoms with Crippen LogP contribution in [0, 0.1) is 12.7 Å². The Hall–Kier alpha value is -2.52. The average molecular weight is 437 g/mol. The molecule has 0 spiro atoms. The minimum Gasteiger partial charge on any atom is -0.461 e. The Kier molecular flexibility index (Phi) is 6.42. The quantitative estimate of drug-likeness (QED) is 0.673. The summed E-state index contributed by atoms with van der Waals surface area (Å²) in [5.74, 6) is -1.17. The first-order valence-corrected chi connectivity index (χ1v) is 11.4. The van der Waals surface area contributed by atoms with Crippen molar-refractivity contribution in [1.29, 1.82) is 0 Å². The maximum Gasteiger partial charge on any atom is 0.302 e. The molecule has 0 aromatic heterocycles. The minimum absolute atomic E-state index is 0.0112. The van der Waals surface area contributed by atoms with Crippen LogP contribution in [0.2, 0.25) is 0 Å². The first-order valence-electron chi connectivity index (χ1n) is 9.76. The molecule has 0 atom stereocenters. The number of fused-ring (bicyclic) bond motifs is 1. The zero-order chi connectivity index (χ0) is 22.1. The zero-order valence-electron chi connectivity index (χ0n) is 17.3. The number of sulfonamides is 1. The summed E-state index contributed by atoms with van der Waals surface area (Å²) in [6.45, 7) is 5.60. The monoisotopic (exact) mass is 436 g/mol. The molecule has 2 aromatic rings. The lowest BCUT2D eigenvalue weighted by molar-refractivity contribution is -0.142. The van der Waals surface area contributed by atoms with Crippen LogP contribution in [-0.2, 0) is 26.2 Å². The smallest absolute Gasteiger partial charge is 0.302 e. The Balaban J connectivity index is 1.97.